The lowest BCUT2D eigenvalue weighted by Gasteiger charge is -2.06. The van der Waals surface area contributed by atoms with Gasteiger partial charge in [-0.3, -0.25) is 4.79 Å². The van der Waals surface area contributed by atoms with Crippen molar-refractivity contribution in [1.82, 2.24) is 5.43 Å². The number of nitrogens with zero attached hydrogens (tertiary/aromatic N) is 1. The molecule has 2 aromatic carbocycles. The number of rotatable bonds is 3. The van der Waals surface area contributed by atoms with Gasteiger partial charge in [0.2, 0.25) is 0 Å². The van der Waals surface area contributed by atoms with Crippen molar-refractivity contribution < 1.29 is 9.90 Å². The number of nitrogens with one attached hydrogen (secondary N) is 1. The molecule has 2 aromatic rings. The molecule has 1 amide bonds. The van der Waals surface area contributed by atoms with Crippen molar-refractivity contribution in [3.63, 3.8) is 0 Å². The monoisotopic (exact) mass is 302 g/mol. The molecule has 0 heterocycles. The average Bonchev–Trinajstić information content (AvgIpc) is 2.48. The maximum absolute atomic E-state index is 11.9. The minimum absolute atomic E-state index is 0.0509. The maximum atomic E-state index is 11.9. The number of amides is 1. The Morgan fingerprint density at radius 2 is 1.86 bits per heavy atom. The molecular weight excluding hydrogens is 288 g/mol. The van der Waals surface area contributed by atoms with Crippen LogP contribution in [-0.2, 0) is 0 Å². The molecule has 0 radical (unpaired) electrons. The molecule has 0 fully saturated rings. The Hall–Kier alpha value is -2.33. The minimum Gasteiger partial charge on any atom is -0.506 e. The van der Waals surface area contributed by atoms with Crippen LogP contribution in [0.2, 0.25) is 5.02 Å². The van der Waals surface area contributed by atoms with Crippen LogP contribution in [0, 0.1) is 6.92 Å². The van der Waals surface area contributed by atoms with Crippen molar-refractivity contribution in [3.8, 4) is 5.75 Å². The van der Waals surface area contributed by atoms with Gasteiger partial charge in [0, 0.05) is 11.1 Å². The lowest BCUT2D eigenvalue weighted by molar-refractivity contribution is 0.0955. The molecule has 0 saturated heterocycles. The van der Waals surface area contributed by atoms with Crippen LogP contribution >= 0.6 is 11.6 Å². The van der Waals surface area contributed by atoms with Crippen molar-refractivity contribution in [2.24, 2.45) is 5.10 Å². The van der Waals surface area contributed by atoms with E-state index in [1.165, 1.54) is 0 Å². The van der Waals surface area contributed by atoms with E-state index in [-0.39, 0.29) is 16.7 Å². The predicted molar refractivity (Wildman–Crippen MR) is 84.0 cm³/mol. The highest BCUT2D eigenvalue weighted by atomic mass is 35.5. The van der Waals surface area contributed by atoms with Gasteiger partial charge in [0.15, 0.2) is 0 Å². The summed E-state index contributed by atoms with van der Waals surface area (Å²) in [5, 5.41) is 14.1. The standard InChI is InChI=1S/C16H15ClN2O2/c1-10-6-8-12(9-7-10)16(21)19-18-11(2)13-4-3-5-14(17)15(13)20/h3-9,20H,1-2H3,(H,19,21)/b18-11+. The summed E-state index contributed by atoms with van der Waals surface area (Å²) < 4.78 is 0. The summed E-state index contributed by atoms with van der Waals surface area (Å²) in [6.45, 7) is 3.63. The number of para-hydroxylation sites is 1. The Balaban J connectivity index is 2.15. The van der Waals surface area contributed by atoms with Gasteiger partial charge >= 0.3 is 0 Å². The molecule has 0 unspecified atom stereocenters. The zero-order valence-electron chi connectivity index (χ0n) is 11.7. The van der Waals surface area contributed by atoms with E-state index in [2.05, 4.69) is 10.5 Å². The fourth-order valence-electron chi connectivity index (χ4n) is 1.77. The van der Waals surface area contributed by atoms with Gasteiger partial charge in [-0.05, 0) is 38.1 Å². The fraction of sp³-hybridized carbons (Fsp3) is 0.125. The predicted octanol–water partition coefficient (Wildman–Crippen LogP) is 3.51. The highest BCUT2D eigenvalue weighted by Gasteiger charge is 2.09. The fourth-order valence-corrected chi connectivity index (χ4v) is 1.95. The average molecular weight is 303 g/mol. The van der Waals surface area contributed by atoms with Gasteiger partial charge in [-0.25, -0.2) is 5.43 Å². The molecule has 108 valence electrons. The number of phenols is 1. The van der Waals surface area contributed by atoms with Crippen LogP contribution in [0.1, 0.15) is 28.4 Å². The minimum atomic E-state index is -0.309. The van der Waals surface area contributed by atoms with Gasteiger partial charge in [-0.2, -0.15) is 5.10 Å². The lowest BCUT2D eigenvalue weighted by atomic mass is 10.1. The van der Waals surface area contributed by atoms with Crippen LogP contribution in [0.3, 0.4) is 0 Å². The number of carbonyl (C=O) groups is 1. The second-order valence-electron chi connectivity index (χ2n) is 4.64. The van der Waals surface area contributed by atoms with Crippen LogP contribution < -0.4 is 5.43 Å². The Bertz CT molecular complexity index is 694. The van der Waals surface area contributed by atoms with Gasteiger partial charge in [0.05, 0.1) is 10.7 Å². The first-order valence-corrected chi connectivity index (χ1v) is 6.76. The van der Waals surface area contributed by atoms with E-state index >= 15 is 0 Å². The third-order valence-corrected chi connectivity index (χ3v) is 3.32. The van der Waals surface area contributed by atoms with E-state index in [4.69, 9.17) is 11.6 Å². The molecule has 0 aliphatic carbocycles. The maximum Gasteiger partial charge on any atom is 0.271 e. The summed E-state index contributed by atoms with van der Waals surface area (Å²) in [4.78, 5) is 11.9. The SMILES string of the molecule is C/C(=N\NC(=O)c1ccc(C)cc1)c1cccc(Cl)c1O. The normalized spacial score (nSPS) is 11.3. The van der Waals surface area contributed by atoms with Crippen LogP contribution in [0.25, 0.3) is 0 Å². The Morgan fingerprint density at radius 1 is 1.19 bits per heavy atom. The number of phenolic OH excluding ortho intramolecular Hbond substituents is 1. The summed E-state index contributed by atoms with van der Waals surface area (Å²) >= 11 is 5.84. The number of halogens is 1. The highest BCUT2D eigenvalue weighted by Crippen LogP contribution is 2.27. The summed E-state index contributed by atoms with van der Waals surface area (Å²) in [7, 11) is 0. The first-order valence-electron chi connectivity index (χ1n) is 6.38. The number of benzene rings is 2. The van der Waals surface area contributed by atoms with E-state index in [1.807, 2.05) is 19.1 Å². The van der Waals surface area contributed by atoms with Crippen molar-refractivity contribution in [2.75, 3.05) is 0 Å². The van der Waals surface area contributed by atoms with Gasteiger partial charge < -0.3 is 5.11 Å². The van der Waals surface area contributed by atoms with Crippen LogP contribution in [-0.4, -0.2) is 16.7 Å². The van der Waals surface area contributed by atoms with E-state index < -0.39 is 0 Å². The van der Waals surface area contributed by atoms with Crippen molar-refractivity contribution >= 4 is 23.2 Å². The van der Waals surface area contributed by atoms with Crippen LogP contribution in [0.5, 0.6) is 5.75 Å². The number of hydrogen-bond acceptors (Lipinski definition) is 3. The molecule has 2 N–H and O–H groups in total. The van der Waals surface area contributed by atoms with E-state index in [0.717, 1.165) is 5.56 Å². The molecule has 0 bridgehead atoms. The van der Waals surface area contributed by atoms with Crippen LogP contribution in [0.15, 0.2) is 47.6 Å². The quantitative estimate of drug-likeness (QED) is 0.673. The Morgan fingerprint density at radius 3 is 2.52 bits per heavy atom. The molecule has 21 heavy (non-hydrogen) atoms. The van der Waals surface area contributed by atoms with Gasteiger partial charge in [-0.1, -0.05) is 35.4 Å². The molecule has 2 rings (SSSR count). The van der Waals surface area contributed by atoms with E-state index in [0.29, 0.717) is 16.8 Å². The molecule has 4 nitrogen and oxygen atoms in total. The summed E-state index contributed by atoms with van der Waals surface area (Å²) in [5.74, 6) is -0.360. The molecule has 0 aromatic heterocycles. The van der Waals surface area contributed by atoms with Gasteiger partial charge in [0.25, 0.3) is 5.91 Å². The first kappa shape index (κ1) is 15.1. The van der Waals surface area contributed by atoms with E-state index in [9.17, 15) is 9.90 Å². The molecule has 0 atom stereocenters. The third-order valence-electron chi connectivity index (χ3n) is 3.02. The lowest BCUT2D eigenvalue weighted by Crippen LogP contribution is -2.19. The number of hydrogen-bond donors (Lipinski definition) is 2. The van der Waals surface area contributed by atoms with Crippen LogP contribution in [0.4, 0.5) is 0 Å². The first-order chi connectivity index (χ1) is 9.99. The smallest absolute Gasteiger partial charge is 0.271 e. The van der Waals surface area contributed by atoms with Crippen molar-refractivity contribution in [3.05, 3.63) is 64.2 Å². The molecule has 0 saturated carbocycles. The van der Waals surface area contributed by atoms with Gasteiger partial charge in [0.1, 0.15) is 5.75 Å². The Labute approximate surface area is 128 Å². The number of carbonyl (C=O) groups excluding carboxylic acids is 1. The third kappa shape index (κ3) is 3.61. The number of hydrazone groups is 1. The summed E-state index contributed by atoms with van der Waals surface area (Å²) in [5.41, 5.74) is 5.00. The molecule has 0 aliphatic rings. The molecule has 0 spiro atoms. The zero-order chi connectivity index (χ0) is 15.4. The summed E-state index contributed by atoms with van der Waals surface area (Å²) in [6, 6.07) is 12.1. The number of aryl methyl sites for hydroxylation is 1. The van der Waals surface area contributed by atoms with Crippen molar-refractivity contribution in [2.45, 2.75) is 13.8 Å². The molecular formula is C16H15ClN2O2. The second-order valence-corrected chi connectivity index (χ2v) is 5.05. The zero-order valence-corrected chi connectivity index (χ0v) is 12.5. The molecule has 5 heteroatoms. The largest absolute Gasteiger partial charge is 0.506 e. The summed E-state index contributed by atoms with van der Waals surface area (Å²) in [6.07, 6.45) is 0. The highest BCUT2D eigenvalue weighted by molar-refractivity contribution is 6.32. The van der Waals surface area contributed by atoms with E-state index in [1.54, 1.807) is 37.3 Å². The topological polar surface area (TPSA) is 61.7 Å². The molecule has 0 aliphatic heterocycles. The Kier molecular flexibility index (Phi) is 4.60. The second kappa shape index (κ2) is 6.41. The number of aromatic hydroxyl groups is 1. The van der Waals surface area contributed by atoms with Crippen molar-refractivity contribution in [1.29, 1.82) is 0 Å². The van der Waals surface area contributed by atoms with Gasteiger partial charge in [-0.15, -0.1) is 0 Å².